The van der Waals surface area contributed by atoms with E-state index in [2.05, 4.69) is 0 Å². The second-order valence-electron chi connectivity index (χ2n) is 0. The first-order chi connectivity index (χ1) is 0. The van der Waals surface area contributed by atoms with Crippen LogP contribution in [0.3, 0.4) is 0 Å². The van der Waals surface area contributed by atoms with Crippen molar-refractivity contribution in [3.05, 3.63) is 0 Å². The smallest absolute Gasteiger partial charge is 0 e. The van der Waals surface area contributed by atoms with Crippen molar-refractivity contribution in [3.63, 3.8) is 0 Å². The average molecular weight is 121 g/mol. The van der Waals surface area contributed by atoms with E-state index in [0.29, 0.717) is 0 Å². The van der Waals surface area contributed by atoms with E-state index < -0.39 is 0 Å². The van der Waals surface area contributed by atoms with Crippen molar-refractivity contribution in [2.45, 2.75) is 0 Å². The Morgan fingerprint density at radius 2 is 0.750 bits per heavy atom. The van der Waals surface area contributed by atoms with E-state index in [1.807, 2.05) is 0 Å². The van der Waals surface area contributed by atoms with Gasteiger partial charge in [0.2, 0.25) is 0 Å². The molecule has 0 aromatic rings. The Morgan fingerprint density at radius 3 is 0.750 bits per heavy atom. The fourth-order valence-corrected chi connectivity index (χ4v) is 0. The quantitative estimate of drug-likeness (QED) is 0.350. The topological polar surface area (TPSA) is 63.0 Å². The molecule has 0 amide bonds. The van der Waals surface area contributed by atoms with Crippen molar-refractivity contribution in [2.24, 2.45) is 0 Å². The molecule has 0 fully saturated rings. The van der Waals surface area contributed by atoms with Crippen LogP contribution in [0.2, 0.25) is 0 Å². The molecule has 0 aliphatic rings. The van der Waals surface area contributed by atoms with E-state index in [1.165, 1.54) is 0 Å². The number of rotatable bonds is 0. The SMILES string of the molecule is F.O.O.[Zn]. The molecule has 0 aliphatic heterocycles. The Morgan fingerprint density at radius 1 is 0.750 bits per heavy atom. The predicted molar refractivity (Wildman–Crippen MR) is 9.73 cm³/mol. The standard InChI is InChI=1S/FH.2H2O.Zn/h1H;2*1H2;. The zero-order valence-electron chi connectivity index (χ0n) is 2.12. The first kappa shape index (κ1) is 241. The van der Waals surface area contributed by atoms with Gasteiger partial charge < -0.3 is 11.0 Å². The van der Waals surface area contributed by atoms with Crippen molar-refractivity contribution < 1.29 is 35.1 Å². The minimum atomic E-state index is 0. The van der Waals surface area contributed by atoms with Crippen LogP contribution >= 0.6 is 0 Å². The van der Waals surface area contributed by atoms with Gasteiger partial charge in [0.1, 0.15) is 0 Å². The largest absolute Gasteiger partial charge is 0.412 e. The molecule has 0 aromatic heterocycles. The van der Waals surface area contributed by atoms with Crippen molar-refractivity contribution in [1.29, 1.82) is 0 Å². The normalized spacial score (nSPS) is 0. The third-order valence-electron chi connectivity index (χ3n) is 0. The van der Waals surface area contributed by atoms with Crippen molar-refractivity contribution in [2.75, 3.05) is 0 Å². The van der Waals surface area contributed by atoms with Gasteiger partial charge in [0.25, 0.3) is 0 Å². The van der Waals surface area contributed by atoms with Gasteiger partial charge in [0.15, 0.2) is 0 Å². The van der Waals surface area contributed by atoms with Gasteiger partial charge >= 0.3 is 0 Å². The van der Waals surface area contributed by atoms with Crippen LogP contribution in [-0.4, -0.2) is 11.0 Å². The second kappa shape index (κ2) is 94.8. The molecule has 4 heavy (non-hydrogen) atoms. The van der Waals surface area contributed by atoms with Gasteiger partial charge in [-0.05, 0) is 0 Å². The molecule has 0 aliphatic carbocycles. The van der Waals surface area contributed by atoms with Crippen LogP contribution in [0.1, 0.15) is 0 Å². The molecule has 0 saturated heterocycles. The fraction of sp³-hybridized carbons (Fsp3) is 0. The Hall–Kier alpha value is 0.473. The zero-order chi connectivity index (χ0) is 0. The van der Waals surface area contributed by atoms with Gasteiger partial charge in [0, 0.05) is 19.5 Å². The molecular weight excluding hydrogens is 116 g/mol. The summed E-state index contributed by atoms with van der Waals surface area (Å²) in [5.74, 6) is 0. The fourth-order valence-electron chi connectivity index (χ4n) is 0. The van der Waals surface area contributed by atoms with Gasteiger partial charge in [-0.25, -0.2) is 0 Å². The summed E-state index contributed by atoms with van der Waals surface area (Å²) in [7, 11) is 0. The minimum Gasteiger partial charge on any atom is -0.412 e. The maximum atomic E-state index is 0. The summed E-state index contributed by atoms with van der Waals surface area (Å²) >= 11 is 0. The summed E-state index contributed by atoms with van der Waals surface area (Å²) < 4.78 is 0. The number of hydrogen-bond acceptors (Lipinski definition) is 0. The number of hydrogen-bond donors (Lipinski definition) is 0. The maximum Gasteiger partial charge on any atom is 0 e. The summed E-state index contributed by atoms with van der Waals surface area (Å²) in [6.07, 6.45) is 0. The van der Waals surface area contributed by atoms with Crippen LogP contribution in [-0.2, 0) is 19.5 Å². The van der Waals surface area contributed by atoms with Gasteiger partial charge in [-0.3, -0.25) is 4.70 Å². The van der Waals surface area contributed by atoms with Crippen LogP contribution < -0.4 is 0 Å². The van der Waals surface area contributed by atoms with Crippen LogP contribution in [0, 0.1) is 0 Å². The molecule has 2 nitrogen and oxygen atoms in total. The van der Waals surface area contributed by atoms with E-state index >= 15 is 0 Å². The summed E-state index contributed by atoms with van der Waals surface area (Å²) in [6.45, 7) is 0. The van der Waals surface area contributed by atoms with E-state index in [4.69, 9.17) is 0 Å². The zero-order valence-corrected chi connectivity index (χ0v) is 5.08. The molecule has 4 heteroatoms. The van der Waals surface area contributed by atoms with Crippen LogP contribution in [0.4, 0.5) is 4.70 Å². The molecule has 0 atom stereocenters. The Bertz CT molecular complexity index is 6.00. The average Bonchev–Trinajstić information content (AvgIpc) is 0. The Balaban J connectivity index is 0. The number of halogens is 1. The van der Waals surface area contributed by atoms with Crippen molar-refractivity contribution in [3.8, 4) is 0 Å². The maximum absolute atomic E-state index is 0. The van der Waals surface area contributed by atoms with Gasteiger partial charge in [-0.1, -0.05) is 0 Å². The molecule has 26 valence electrons. The van der Waals surface area contributed by atoms with Crippen molar-refractivity contribution in [1.82, 2.24) is 0 Å². The summed E-state index contributed by atoms with van der Waals surface area (Å²) in [5, 5.41) is 0. The first-order valence-electron chi connectivity index (χ1n) is 0. The molecular formula is H5FO2Zn. The second-order valence-corrected chi connectivity index (χ2v) is 0. The third kappa shape index (κ3) is 24.0. The molecule has 4 N–H and O–H groups in total. The minimum absolute atomic E-state index is 0. The molecule has 0 saturated carbocycles. The van der Waals surface area contributed by atoms with Gasteiger partial charge in [-0.15, -0.1) is 0 Å². The van der Waals surface area contributed by atoms with Gasteiger partial charge in [-0.2, -0.15) is 0 Å². The molecule has 0 heterocycles. The summed E-state index contributed by atoms with van der Waals surface area (Å²) in [6, 6.07) is 0. The monoisotopic (exact) mass is 120 g/mol. The Labute approximate surface area is 35.9 Å². The van der Waals surface area contributed by atoms with E-state index in [0.717, 1.165) is 0 Å². The molecule has 0 unspecified atom stereocenters. The summed E-state index contributed by atoms with van der Waals surface area (Å²) in [4.78, 5) is 0. The van der Waals surface area contributed by atoms with Crippen LogP contribution in [0.5, 0.6) is 0 Å². The van der Waals surface area contributed by atoms with E-state index in [-0.39, 0.29) is 35.1 Å². The molecule has 0 spiro atoms. The van der Waals surface area contributed by atoms with Crippen LogP contribution in [0.25, 0.3) is 0 Å². The van der Waals surface area contributed by atoms with Crippen molar-refractivity contribution >= 4 is 0 Å². The summed E-state index contributed by atoms with van der Waals surface area (Å²) in [5.41, 5.74) is 0. The van der Waals surface area contributed by atoms with Gasteiger partial charge in [0.05, 0.1) is 0 Å². The Kier molecular flexibility index (Phi) is 5710. The predicted octanol–water partition coefficient (Wildman–Crippen LogP) is -1.50. The third-order valence-corrected chi connectivity index (χ3v) is 0. The van der Waals surface area contributed by atoms with E-state index in [9.17, 15) is 0 Å². The first-order valence-corrected chi connectivity index (χ1v) is 0. The molecule has 0 bridgehead atoms. The molecule has 0 aromatic carbocycles. The van der Waals surface area contributed by atoms with E-state index in [1.54, 1.807) is 0 Å². The van der Waals surface area contributed by atoms with Crippen LogP contribution in [0.15, 0.2) is 0 Å². The molecule has 0 rings (SSSR count). The molecule has 0 radical (unpaired) electrons.